The highest BCUT2D eigenvalue weighted by atomic mass is 19.4. The van der Waals surface area contributed by atoms with Gasteiger partial charge in [-0.2, -0.15) is 18.3 Å². The first kappa shape index (κ1) is 27.7. The Morgan fingerprint density at radius 3 is 2.38 bits per heavy atom. The van der Waals surface area contributed by atoms with Crippen molar-refractivity contribution in [2.24, 2.45) is 17.8 Å². The lowest BCUT2D eigenvalue weighted by atomic mass is 9.88. The monoisotopic (exact) mass is 559 g/mol. The second-order valence-corrected chi connectivity index (χ2v) is 10.7. The van der Waals surface area contributed by atoms with Gasteiger partial charge in [0.2, 0.25) is 11.8 Å². The van der Waals surface area contributed by atoms with Crippen molar-refractivity contribution in [2.75, 3.05) is 12.4 Å². The molecule has 40 heavy (non-hydrogen) atoms. The van der Waals surface area contributed by atoms with E-state index in [1.165, 1.54) is 31.6 Å². The number of hydrogen-bond acceptors (Lipinski definition) is 6. The Morgan fingerprint density at radius 1 is 1.07 bits per heavy atom. The topological polar surface area (TPSA) is 116 Å². The van der Waals surface area contributed by atoms with Crippen molar-refractivity contribution < 1.29 is 27.5 Å². The zero-order chi connectivity index (χ0) is 28.6. The number of carbonyl (C=O) groups excluding carboxylic acids is 2. The third-order valence-corrected chi connectivity index (χ3v) is 7.43. The van der Waals surface area contributed by atoms with Crippen LogP contribution in [0.5, 0.6) is 5.88 Å². The van der Waals surface area contributed by atoms with Crippen LogP contribution in [0.4, 0.5) is 19.0 Å². The van der Waals surface area contributed by atoms with Gasteiger partial charge in [-0.05, 0) is 75.5 Å². The molecule has 2 amide bonds. The second-order valence-electron chi connectivity index (χ2n) is 10.7. The predicted molar refractivity (Wildman–Crippen MR) is 139 cm³/mol. The maximum absolute atomic E-state index is 14.2. The first-order valence-electron chi connectivity index (χ1n) is 13.3. The van der Waals surface area contributed by atoms with E-state index in [1.54, 1.807) is 10.7 Å². The fourth-order valence-corrected chi connectivity index (χ4v) is 5.38. The molecule has 10 nitrogen and oxygen atoms in total. The normalized spacial score (nSPS) is 17.1. The molecule has 2 atom stereocenters. The third-order valence-electron chi connectivity index (χ3n) is 7.43. The molecule has 0 saturated heterocycles. The van der Waals surface area contributed by atoms with E-state index in [-0.39, 0.29) is 29.2 Å². The number of rotatable bonds is 11. The highest BCUT2D eigenvalue weighted by Crippen LogP contribution is 2.51. The molecule has 1 unspecified atom stereocenters. The molecule has 3 aromatic rings. The molecule has 0 spiro atoms. The number of alkyl halides is 3. The Balaban J connectivity index is 1.40. The van der Waals surface area contributed by atoms with Crippen LogP contribution in [0, 0.1) is 17.8 Å². The molecule has 214 valence electrons. The molecule has 0 aromatic carbocycles. The van der Waals surface area contributed by atoms with Gasteiger partial charge < -0.3 is 19.9 Å². The molecule has 2 N–H and O–H groups in total. The summed E-state index contributed by atoms with van der Waals surface area (Å²) in [6.07, 6.45) is 4.19. The van der Waals surface area contributed by atoms with Crippen molar-refractivity contribution in [3.05, 3.63) is 54.4 Å². The SMILES string of the molecule is COc1ncccc1C(n1cnc(NC(=O)[C@@H](NC(=O)c2ccnn2C(C)C)C(C2CC2)C2CC2)c1)C(F)(F)F. The highest BCUT2D eigenvalue weighted by Gasteiger charge is 2.49. The van der Waals surface area contributed by atoms with Gasteiger partial charge in [-0.25, -0.2) is 9.97 Å². The van der Waals surface area contributed by atoms with E-state index in [9.17, 15) is 22.8 Å². The predicted octanol–water partition coefficient (Wildman–Crippen LogP) is 4.39. The van der Waals surface area contributed by atoms with Crippen LogP contribution >= 0.6 is 0 Å². The number of hydrogen-bond donors (Lipinski definition) is 2. The van der Waals surface area contributed by atoms with Gasteiger partial charge in [-0.15, -0.1) is 0 Å². The van der Waals surface area contributed by atoms with E-state index < -0.39 is 30.1 Å². The molecule has 3 aromatic heterocycles. The van der Waals surface area contributed by atoms with Crippen LogP contribution in [-0.2, 0) is 4.79 Å². The summed E-state index contributed by atoms with van der Waals surface area (Å²) in [7, 11) is 1.25. The summed E-state index contributed by atoms with van der Waals surface area (Å²) >= 11 is 0. The molecule has 2 aliphatic rings. The number of pyridine rings is 1. The maximum atomic E-state index is 14.2. The molecule has 0 aliphatic heterocycles. The van der Waals surface area contributed by atoms with E-state index in [4.69, 9.17) is 4.74 Å². The average Bonchev–Trinajstić information content (AvgIpc) is 3.83. The van der Waals surface area contributed by atoms with Gasteiger partial charge in [0.1, 0.15) is 11.7 Å². The third kappa shape index (κ3) is 5.82. The van der Waals surface area contributed by atoms with Crippen molar-refractivity contribution in [2.45, 2.75) is 63.8 Å². The quantitative estimate of drug-likeness (QED) is 0.360. The Kier molecular flexibility index (Phi) is 7.56. The number of carbonyl (C=O) groups is 2. The minimum atomic E-state index is -4.70. The van der Waals surface area contributed by atoms with Gasteiger partial charge in [0.15, 0.2) is 11.9 Å². The maximum Gasteiger partial charge on any atom is 0.413 e. The number of methoxy groups -OCH3 is 1. The van der Waals surface area contributed by atoms with E-state index in [0.29, 0.717) is 17.5 Å². The van der Waals surface area contributed by atoms with Crippen molar-refractivity contribution in [3.8, 4) is 5.88 Å². The van der Waals surface area contributed by atoms with Crippen LogP contribution in [0.2, 0.25) is 0 Å². The minimum Gasteiger partial charge on any atom is -0.481 e. The molecule has 0 radical (unpaired) electrons. The van der Waals surface area contributed by atoms with Crippen LogP contribution in [-0.4, -0.2) is 55.5 Å². The molecular formula is C27H32F3N7O3. The Hall–Kier alpha value is -3.90. The Labute approximate surface area is 229 Å². The van der Waals surface area contributed by atoms with Gasteiger partial charge in [0, 0.05) is 30.2 Å². The van der Waals surface area contributed by atoms with E-state index >= 15 is 0 Å². The van der Waals surface area contributed by atoms with Gasteiger partial charge in [0.05, 0.1) is 13.4 Å². The largest absolute Gasteiger partial charge is 0.481 e. The summed E-state index contributed by atoms with van der Waals surface area (Å²) in [4.78, 5) is 34.9. The lowest BCUT2D eigenvalue weighted by Gasteiger charge is -2.27. The fourth-order valence-electron chi connectivity index (χ4n) is 5.38. The summed E-state index contributed by atoms with van der Waals surface area (Å²) in [6, 6.07) is 1.21. The number of aromatic nitrogens is 5. The molecule has 13 heteroatoms. The second kappa shape index (κ2) is 10.9. The smallest absolute Gasteiger partial charge is 0.413 e. The number of nitrogens with one attached hydrogen (secondary N) is 2. The standard InChI is InChI=1S/C27H32F3N7O3/c1-15(2)37-19(10-12-33-37)24(38)35-22(21(16-6-7-16)17-8-9-17)25(39)34-20-13-36(14-32-20)23(27(28,29)30)18-5-4-11-31-26(18)40-3/h4-5,10-17,21-23H,6-9H2,1-3H3,(H,34,39)(H,35,38)/t22-,23?/m0/s1. The Morgan fingerprint density at radius 2 is 1.77 bits per heavy atom. The first-order chi connectivity index (χ1) is 19.1. The summed E-state index contributed by atoms with van der Waals surface area (Å²) in [5.41, 5.74) is 0.142. The number of anilines is 1. The number of amides is 2. The summed E-state index contributed by atoms with van der Waals surface area (Å²) in [5.74, 6) is -0.607. The van der Waals surface area contributed by atoms with E-state index in [2.05, 4.69) is 25.7 Å². The molecule has 5 rings (SSSR count). The number of nitrogens with zero attached hydrogens (tertiary/aromatic N) is 5. The number of halogens is 3. The van der Waals surface area contributed by atoms with Crippen molar-refractivity contribution in [1.82, 2.24) is 29.6 Å². The fraction of sp³-hybridized carbons (Fsp3) is 0.519. The number of ether oxygens (including phenoxy) is 1. The van der Waals surface area contributed by atoms with Crippen molar-refractivity contribution in [1.29, 1.82) is 0 Å². The van der Waals surface area contributed by atoms with Gasteiger partial charge in [-0.3, -0.25) is 14.3 Å². The lowest BCUT2D eigenvalue weighted by molar-refractivity contribution is -0.157. The van der Waals surface area contributed by atoms with Crippen LogP contribution in [0.25, 0.3) is 0 Å². The van der Waals surface area contributed by atoms with Crippen LogP contribution in [0.1, 0.15) is 67.7 Å². The molecular weight excluding hydrogens is 527 g/mol. The van der Waals surface area contributed by atoms with Crippen LogP contribution in [0.15, 0.2) is 43.1 Å². The average molecular weight is 560 g/mol. The zero-order valence-corrected chi connectivity index (χ0v) is 22.4. The van der Waals surface area contributed by atoms with Crippen molar-refractivity contribution in [3.63, 3.8) is 0 Å². The highest BCUT2D eigenvalue weighted by molar-refractivity contribution is 6.00. The van der Waals surface area contributed by atoms with Crippen LogP contribution < -0.4 is 15.4 Å². The van der Waals surface area contributed by atoms with Gasteiger partial charge in [0.25, 0.3) is 5.91 Å². The summed E-state index contributed by atoms with van der Waals surface area (Å²) in [5, 5.41) is 9.79. The molecule has 2 saturated carbocycles. The zero-order valence-electron chi connectivity index (χ0n) is 22.4. The minimum absolute atomic E-state index is 0.0566. The summed E-state index contributed by atoms with van der Waals surface area (Å²) < 4.78 is 50.1. The Bertz CT molecular complexity index is 1350. The van der Waals surface area contributed by atoms with Crippen molar-refractivity contribution >= 4 is 17.6 Å². The molecule has 2 aliphatic carbocycles. The summed E-state index contributed by atoms with van der Waals surface area (Å²) in [6.45, 7) is 3.80. The molecule has 0 bridgehead atoms. The number of imidazole rings is 1. The first-order valence-corrected chi connectivity index (χ1v) is 13.3. The molecule has 2 fully saturated rings. The molecule has 3 heterocycles. The van der Waals surface area contributed by atoms with Gasteiger partial charge >= 0.3 is 6.18 Å². The lowest BCUT2D eigenvalue weighted by Crippen LogP contribution is -2.50. The van der Waals surface area contributed by atoms with Gasteiger partial charge in [-0.1, -0.05) is 0 Å². The van der Waals surface area contributed by atoms with Crippen LogP contribution in [0.3, 0.4) is 0 Å². The van der Waals surface area contributed by atoms with E-state index in [1.807, 2.05) is 13.8 Å². The van der Waals surface area contributed by atoms with E-state index in [0.717, 1.165) is 42.8 Å².